The van der Waals surface area contributed by atoms with Crippen LogP contribution in [0.3, 0.4) is 0 Å². The average molecular weight is 289 g/mol. The highest BCUT2D eigenvalue weighted by molar-refractivity contribution is 5.39. The molecule has 21 heavy (non-hydrogen) atoms. The zero-order chi connectivity index (χ0) is 15.8. The van der Waals surface area contributed by atoms with Crippen LogP contribution in [0.1, 0.15) is 52.9 Å². The topological polar surface area (TPSA) is 53.0 Å². The van der Waals surface area contributed by atoms with E-state index in [0.717, 1.165) is 38.0 Å². The largest absolute Gasteiger partial charge is 0.362 e. The third kappa shape index (κ3) is 4.89. The summed E-state index contributed by atoms with van der Waals surface area (Å²) < 4.78 is 0. The zero-order valence-electron chi connectivity index (χ0n) is 14.2. The number of allylic oxidation sites excluding steroid dienone is 3. The van der Waals surface area contributed by atoms with Crippen LogP contribution in [0.2, 0.25) is 0 Å². The van der Waals surface area contributed by atoms with Gasteiger partial charge in [0.2, 0.25) is 0 Å². The Morgan fingerprint density at radius 3 is 2.62 bits per heavy atom. The van der Waals surface area contributed by atoms with E-state index in [4.69, 9.17) is 5.73 Å². The van der Waals surface area contributed by atoms with E-state index in [2.05, 4.69) is 37.8 Å². The van der Waals surface area contributed by atoms with E-state index in [1.807, 2.05) is 7.05 Å². The molecule has 2 atom stereocenters. The average Bonchev–Trinajstić information content (AvgIpc) is 2.48. The Hall–Kier alpha value is -1.27. The van der Waals surface area contributed by atoms with Crippen LogP contribution >= 0.6 is 0 Å². The van der Waals surface area contributed by atoms with E-state index in [1.54, 1.807) is 0 Å². The first-order chi connectivity index (χ1) is 10.1. The van der Waals surface area contributed by atoms with Gasteiger partial charge in [-0.2, -0.15) is 5.26 Å². The van der Waals surface area contributed by atoms with Crippen LogP contribution in [0, 0.1) is 23.2 Å². The fourth-order valence-corrected chi connectivity index (χ4v) is 3.29. The minimum Gasteiger partial charge on any atom is -0.362 e. The van der Waals surface area contributed by atoms with Crippen molar-refractivity contribution in [3.63, 3.8) is 0 Å². The first-order valence-electron chi connectivity index (χ1n) is 8.31. The molecule has 0 aromatic carbocycles. The van der Waals surface area contributed by atoms with Gasteiger partial charge in [0.25, 0.3) is 0 Å². The number of hydrogen-bond acceptors (Lipinski definition) is 3. The second kappa shape index (κ2) is 8.89. The summed E-state index contributed by atoms with van der Waals surface area (Å²) in [6.07, 6.45) is 7.79. The Morgan fingerprint density at radius 1 is 1.38 bits per heavy atom. The molecule has 1 aliphatic rings. The van der Waals surface area contributed by atoms with Crippen LogP contribution in [0.5, 0.6) is 0 Å². The standard InChI is InChI=1S/C18H31N3/c1-5-7-14(3)16(8-9-19)10-17-11-18(12-20)21(4)13-15(17)6-2/h11,14,16H,5-10,13,19H2,1-4H3. The summed E-state index contributed by atoms with van der Waals surface area (Å²) in [5.74, 6) is 1.33. The van der Waals surface area contributed by atoms with Crippen molar-refractivity contribution in [1.29, 1.82) is 5.26 Å². The summed E-state index contributed by atoms with van der Waals surface area (Å²) in [6.45, 7) is 8.45. The van der Waals surface area contributed by atoms with Gasteiger partial charge in [-0.05, 0) is 54.9 Å². The van der Waals surface area contributed by atoms with Gasteiger partial charge >= 0.3 is 0 Å². The SMILES string of the molecule is CCCC(C)C(CCN)CC1=C(CC)CN(C)C(C#N)=C1. The highest BCUT2D eigenvalue weighted by Gasteiger charge is 2.22. The molecule has 3 heteroatoms. The van der Waals surface area contributed by atoms with Crippen molar-refractivity contribution in [2.24, 2.45) is 17.6 Å². The van der Waals surface area contributed by atoms with Gasteiger partial charge < -0.3 is 10.6 Å². The molecule has 0 radical (unpaired) electrons. The highest BCUT2D eigenvalue weighted by Crippen LogP contribution is 2.32. The van der Waals surface area contributed by atoms with Crippen molar-refractivity contribution in [2.75, 3.05) is 20.1 Å². The molecule has 2 unspecified atom stereocenters. The summed E-state index contributed by atoms with van der Waals surface area (Å²) >= 11 is 0. The molecule has 1 rings (SSSR count). The maximum atomic E-state index is 9.27. The molecule has 1 aliphatic heterocycles. The third-order valence-electron chi connectivity index (χ3n) is 4.71. The molecule has 0 saturated heterocycles. The predicted octanol–water partition coefficient (Wildman–Crippen LogP) is 3.84. The first-order valence-corrected chi connectivity index (χ1v) is 8.31. The van der Waals surface area contributed by atoms with Crippen molar-refractivity contribution in [3.05, 3.63) is 22.9 Å². The molecule has 2 N–H and O–H groups in total. The summed E-state index contributed by atoms with van der Waals surface area (Å²) in [5.41, 5.74) is 9.47. The van der Waals surface area contributed by atoms with Gasteiger partial charge in [0, 0.05) is 13.6 Å². The summed E-state index contributed by atoms with van der Waals surface area (Å²) in [7, 11) is 2.00. The first kappa shape index (κ1) is 17.8. The van der Waals surface area contributed by atoms with E-state index >= 15 is 0 Å². The molecule has 0 amide bonds. The van der Waals surface area contributed by atoms with Crippen LogP contribution < -0.4 is 5.73 Å². The third-order valence-corrected chi connectivity index (χ3v) is 4.71. The summed E-state index contributed by atoms with van der Waals surface area (Å²) in [6, 6.07) is 2.32. The van der Waals surface area contributed by atoms with E-state index < -0.39 is 0 Å². The van der Waals surface area contributed by atoms with E-state index in [1.165, 1.54) is 24.0 Å². The van der Waals surface area contributed by atoms with Crippen LogP contribution in [0.25, 0.3) is 0 Å². The zero-order valence-corrected chi connectivity index (χ0v) is 14.2. The molecular formula is C18H31N3. The van der Waals surface area contributed by atoms with Crippen LogP contribution in [-0.4, -0.2) is 25.0 Å². The molecule has 0 fully saturated rings. The maximum absolute atomic E-state index is 9.27. The lowest BCUT2D eigenvalue weighted by molar-refractivity contribution is 0.315. The maximum Gasteiger partial charge on any atom is 0.117 e. The number of nitrogens with zero attached hydrogens (tertiary/aromatic N) is 2. The number of nitriles is 1. The Bertz CT molecular complexity index is 428. The molecule has 0 saturated carbocycles. The highest BCUT2D eigenvalue weighted by atomic mass is 15.1. The molecule has 0 aliphatic carbocycles. The second-order valence-electron chi connectivity index (χ2n) is 6.29. The predicted molar refractivity (Wildman–Crippen MR) is 89.5 cm³/mol. The molecule has 0 spiro atoms. The number of likely N-dealkylation sites (N-methyl/N-ethyl adjacent to an activating group) is 1. The van der Waals surface area contributed by atoms with E-state index in [-0.39, 0.29) is 0 Å². The van der Waals surface area contributed by atoms with Crippen molar-refractivity contribution in [1.82, 2.24) is 4.90 Å². The van der Waals surface area contributed by atoms with Crippen LogP contribution in [0.4, 0.5) is 0 Å². The quantitative estimate of drug-likeness (QED) is 0.738. The fraction of sp³-hybridized carbons (Fsp3) is 0.722. The molecule has 0 aromatic rings. The van der Waals surface area contributed by atoms with Gasteiger partial charge in [-0.3, -0.25) is 0 Å². The van der Waals surface area contributed by atoms with Gasteiger partial charge in [0.1, 0.15) is 11.8 Å². The number of hydrogen-bond donors (Lipinski definition) is 1. The second-order valence-corrected chi connectivity index (χ2v) is 6.29. The van der Waals surface area contributed by atoms with E-state index in [0.29, 0.717) is 11.8 Å². The lowest BCUT2D eigenvalue weighted by Gasteiger charge is -2.30. The minimum absolute atomic E-state index is 0.631. The van der Waals surface area contributed by atoms with Crippen LogP contribution in [0.15, 0.2) is 22.9 Å². The van der Waals surface area contributed by atoms with Crippen molar-refractivity contribution >= 4 is 0 Å². The van der Waals surface area contributed by atoms with Gasteiger partial charge in [0.15, 0.2) is 0 Å². The monoisotopic (exact) mass is 289 g/mol. The van der Waals surface area contributed by atoms with E-state index in [9.17, 15) is 5.26 Å². The molecule has 0 aromatic heterocycles. The van der Waals surface area contributed by atoms with Gasteiger partial charge in [-0.1, -0.05) is 33.6 Å². The summed E-state index contributed by atoms with van der Waals surface area (Å²) in [5, 5.41) is 9.27. The Kier molecular flexibility index (Phi) is 7.53. The van der Waals surface area contributed by atoms with Crippen molar-refractivity contribution in [3.8, 4) is 6.07 Å². The van der Waals surface area contributed by atoms with Crippen LogP contribution in [-0.2, 0) is 0 Å². The van der Waals surface area contributed by atoms with Gasteiger partial charge in [-0.25, -0.2) is 0 Å². The molecule has 0 bridgehead atoms. The Morgan fingerprint density at radius 2 is 2.10 bits per heavy atom. The van der Waals surface area contributed by atoms with Gasteiger partial charge in [-0.15, -0.1) is 0 Å². The Labute approximate surface area is 130 Å². The molecule has 3 nitrogen and oxygen atoms in total. The van der Waals surface area contributed by atoms with Crippen molar-refractivity contribution < 1.29 is 0 Å². The molecule has 1 heterocycles. The van der Waals surface area contributed by atoms with Crippen molar-refractivity contribution in [2.45, 2.75) is 52.9 Å². The fourth-order valence-electron chi connectivity index (χ4n) is 3.29. The molecule has 118 valence electrons. The number of nitrogens with two attached hydrogens (primary N) is 1. The number of rotatable bonds is 8. The Balaban J connectivity index is 2.94. The lowest BCUT2D eigenvalue weighted by Crippen LogP contribution is -2.25. The molecular weight excluding hydrogens is 258 g/mol. The van der Waals surface area contributed by atoms with Gasteiger partial charge in [0.05, 0.1) is 0 Å². The smallest absolute Gasteiger partial charge is 0.117 e. The minimum atomic E-state index is 0.631. The lowest BCUT2D eigenvalue weighted by atomic mass is 9.81. The summed E-state index contributed by atoms with van der Waals surface area (Å²) in [4.78, 5) is 2.05. The normalized spacial score (nSPS) is 18.3.